The summed E-state index contributed by atoms with van der Waals surface area (Å²) in [5, 5.41) is 0. The molecule has 1 aromatic carbocycles. The fraction of sp³-hybridized carbons (Fsp3) is 0.500. The van der Waals surface area contributed by atoms with Crippen molar-refractivity contribution in [1.82, 2.24) is 0 Å². The van der Waals surface area contributed by atoms with Crippen LogP contribution in [0.4, 0.5) is 0 Å². The van der Waals surface area contributed by atoms with Crippen LogP contribution in [0.5, 0.6) is 0 Å². The molecule has 0 bridgehead atoms. The highest BCUT2D eigenvalue weighted by molar-refractivity contribution is 5.48. The highest BCUT2D eigenvalue weighted by Gasteiger charge is 2.07. The van der Waals surface area contributed by atoms with Gasteiger partial charge in [-0.3, -0.25) is 0 Å². The van der Waals surface area contributed by atoms with Crippen LogP contribution in [0, 0.1) is 41.1 Å². The Morgan fingerprint density at radius 2 is 0.667 bits per heavy atom. The molecule has 1 aromatic rings. The van der Waals surface area contributed by atoms with E-state index in [4.69, 9.17) is 24.7 Å². The van der Waals surface area contributed by atoms with Crippen LogP contribution in [-0.4, -0.2) is 0 Å². The van der Waals surface area contributed by atoms with Crippen molar-refractivity contribution in [3.8, 4) is 0 Å². The second-order valence-corrected chi connectivity index (χ2v) is 2.25. The first-order chi connectivity index (χ1) is 12.7. The van der Waals surface area contributed by atoms with Crippen molar-refractivity contribution in [2.45, 2.75) is 41.1 Å². The molecule has 0 N–H and O–H groups in total. The molecule has 0 atom stereocenters. The molecule has 1 rings (SSSR count). The van der Waals surface area contributed by atoms with Gasteiger partial charge in [0, 0.05) is 24.7 Å². The van der Waals surface area contributed by atoms with Crippen LogP contribution >= 0.6 is 0 Å². The van der Waals surface area contributed by atoms with Gasteiger partial charge in [0.15, 0.2) is 0 Å². The van der Waals surface area contributed by atoms with Gasteiger partial charge in [0.1, 0.15) is 0 Å². The summed E-state index contributed by atoms with van der Waals surface area (Å²) in [6.45, 7) is -21.5. The maximum Gasteiger partial charge on any atom is 0.0280 e. The average Bonchev–Trinajstić information content (AvgIpc) is 2.37. The molecule has 12 heavy (non-hydrogen) atoms. The number of rotatable bonds is 0. The molecule has 0 aliphatic rings. The van der Waals surface area contributed by atoms with Crippen molar-refractivity contribution in [2.24, 2.45) is 0 Å². The van der Waals surface area contributed by atoms with Gasteiger partial charge in [-0.25, -0.2) is 0 Å². The molecule has 66 valence electrons. The minimum absolute atomic E-state index is 1.51. The zero-order valence-corrected chi connectivity index (χ0v) is 6.00. The molecule has 0 amide bonds. The predicted octanol–water partition coefficient (Wildman–Crippen LogP) is 3.54. The molecule has 0 heteroatoms. The molecular formula is C12H18. The van der Waals surface area contributed by atoms with Crippen molar-refractivity contribution in [3.63, 3.8) is 0 Å². The molecule has 0 heterocycles. The molecule has 0 unspecified atom stereocenters. The lowest BCUT2D eigenvalue weighted by atomic mass is 9.90. The topological polar surface area (TPSA) is 0 Å². The summed E-state index contributed by atoms with van der Waals surface area (Å²) in [4.78, 5) is 0. The Balaban J connectivity index is 4.87. The minimum Gasteiger partial charge on any atom is -0.0447 e. The van der Waals surface area contributed by atoms with Crippen LogP contribution in [0.1, 0.15) is 58.1 Å². The number of benzene rings is 1. The van der Waals surface area contributed by atoms with Crippen molar-refractivity contribution >= 4 is 0 Å². The van der Waals surface area contributed by atoms with Gasteiger partial charge < -0.3 is 0 Å². The lowest BCUT2D eigenvalue weighted by molar-refractivity contribution is 1.13. The van der Waals surface area contributed by atoms with Crippen molar-refractivity contribution in [3.05, 3.63) is 33.4 Å². The van der Waals surface area contributed by atoms with Crippen LogP contribution in [0.2, 0.25) is 0 Å². The maximum atomic E-state index is 7.67. The maximum absolute atomic E-state index is 7.67. The minimum atomic E-state index is -3.58. The Bertz CT molecular complexity index is 605. The SMILES string of the molecule is [2H]C([2H])([2H])c1c(C([2H])([2H])[2H])c(C([2H])([2H])[2H])c(C([2H])([2H])[2H])c(C([2H])([2H])[2H])c1C([2H])([2H])[2H]. The summed E-state index contributed by atoms with van der Waals surface area (Å²) >= 11 is 0. The summed E-state index contributed by atoms with van der Waals surface area (Å²) in [5.74, 6) is 0. The zero-order valence-electron chi connectivity index (χ0n) is 24.0. The van der Waals surface area contributed by atoms with Crippen LogP contribution < -0.4 is 0 Å². The first kappa shape index (κ1) is 1.37. The highest BCUT2D eigenvalue weighted by Crippen LogP contribution is 2.24. The second kappa shape index (κ2) is 2.93. The standard InChI is InChI=1S/C12H18/c1-7-8(2)10(4)12(6)11(5)9(7)3/h1-6H3/i1D3,2D3,3D3,4D3,5D3,6D3. The van der Waals surface area contributed by atoms with E-state index >= 15 is 0 Å². The predicted molar refractivity (Wildman–Crippen MR) is 54.9 cm³/mol. The quantitative estimate of drug-likeness (QED) is 0.573. The van der Waals surface area contributed by atoms with E-state index in [1.54, 1.807) is 0 Å². The molecular weight excluding hydrogens is 144 g/mol. The monoisotopic (exact) mass is 180 g/mol. The smallest absolute Gasteiger partial charge is 0.0280 e. The van der Waals surface area contributed by atoms with Gasteiger partial charge in [-0.2, -0.15) is 0 Å². The van der Waals surface area contributed by atoms with Gasteiger partial charge in [-0.15, -0.1) is 0 Å². The summed E-state index contributed by atoms with van der Waals surface area (Å²) in [6.07, 6.45) is 0. The van der Waals surface area contributed by atoms with Gasteiger partial charge in [0.2, 0.25) is 0 Å². The summed E-state index contributed by atoms with van der Waals surface area (Å²) in [5.41, 5.74) is -9.04. The largest absolute Gasteiger partial charge is 0.0447 e. The third-order valence-electron chi connectivity index (χ3n) is 1.50. The van der Waals surface area contributed by atoms with E-state index in [1.165, 1.54) is 0 Å². The Kier molecular flexibility index (Phi) is 0.335. The van der Waals surface area contributed by atoms with E-state index in [-0.39, 0.29) is 0 Å². The summed E-state index contributed by atoms with van der Waals surface area (Å²) in [6, 6.07) is 0. The summed E-state index contributed by atoms with van der Waals surface area (Å²) < 4.78 is 138. The van der Waals surface area contributed by atoms with E-state index < -0.39 is 74.5 Å². The molecule has 0 spiro atoms. The third-order valence-corrected chi connectivity index (χ3v) is 1.50. The zero-order chi connectivity index (χ0) is 24.5. The molecule has 0 saturated heterocycles. The van der Waals surface area contributed by atoms with Crippen LogP contribution in [0.15, 0.2) is 0 Å². The lowest BCUT2D eigenvalue weighted by Crippen LogP contribution is -1.98. The van der Waals surface area contributed by atoms with Gasteiger partial charge in [0.05, 0.1) is 0 Å². The van der Waals surface area contributed by atoms with E-state index in [2.05, 4.69) is 0 Å². The van der Waals surface area contributed by atoms with Gasteiger partial charge in [-0.1, -0.05) is 0 Å². The number of hydrogen-bond acceptors (Lipinski definition) is 0. The fourth-order valence-corrected chi connectivity index (χ4v) is 0.750. The highest BCUT2D eigenvalue weighted by atomic mass is 14.1. The van der Waals surface area contributed by atoms with Crippen LogP contribution in [0.25, 0.3) is 0 Å². The molecule has 0 nitrogen and oxygen atoms in total. The van der Waals surface area contributed by atoms with Crippen LogP contribution in [-0.2, 0) is 0 Å². The van der Waals surface area contributed by atoms with E-state index in [9.17, 15) is 0 Å². The Labute approximate surface area is 101 Å². The third kappa shape index (κ3) is 1.16. The van der Waals surface area contributed by atoms with E-state index in [1.807, 2.05) is 0 Å². The molecule has 0 aromatic heterocycles. The number of hydrogen-bond donors (Lipinski definition) is 0. The summed E-state index contributed by atoms with van der Waals surface area (Å²) in [7, 11) is 0. The Morgan fingerprint density at radius 3 is 0.750 bits per heavy atom. The van der Waals surface area contributed by atoms with Crippen molar-refractivity contribution in [2.75, 3.05) is 0 Å². The normalized spacial score (nSPS) is 39.0. The first-order valence-electron chi connectivity index (χ1n) is 12.0. The molecule has 0 aliphatic heterocycles. The van der Waals surface area contributed by atoms with Crippen molar-refractivity contribution < 1.29 is 24.7 Å². The van der Waals surface area contributed by atoms with Gasteiger partial charge in [-0.05, 0) is 74.5 Å². The first-order valence-corrected chi connectivity index (χ1v) is 3.00. The lowest BCUT2D eigenvalue weighted by Gasteiger charge is -2.15. The van der Waals surface area contributed by atoms with Gasteiger partial charge >= 0.3 is 0 Å². The molecule has 0 fully saturated rings. The Morgan fingerprint density at radius 1 is 0.500 bits per heavy atom. The average molecular weight is 180 g/mol. The molecule has 0 saturated carbocycles. The fourth-order valence-electron chi connectivity index (χ4n) is 0.750. The van der Waals surface area contributed by atoms with Crippen LogP contribution in [0.3, 0.4) is 0 Å². The van der Waals surface area contributed by atoms with E-state index in [0.717, 1.165) is 0 Å². The van der Waals surface area contributed by atoms with Crippen molar-refractivity contribution in [1.29, 1.82) is 0 Å². The Hall–Kier alpha value is -0.780. The molecule has 0 aliphatic carbocycles. The van der Waals surface area contributed by atoms with E-state index in [0.29, 0.717) is 0 Å². The second-order valence-electron chi connectivity index (χ2n) is 2.25. The van der Waals surface area contributed by atoms with Gasteiger partial charge in [0.25, 0.3) is 0 Å². The molecule has 0 radical (unpaired) electrons.